The number of carbonyl (C=O) groups excluding carboxylic acids is 1. The molecule has 140 valence electrons. The molecule has 1 aliphatic heterocycles. The number of rotatable bonds is 4. The minimum Gasteiger partial charge on any atom is -0.325 e. The van der Waals surface area contributed by atoms with Gasteiger partial charge in [-0.1, -0.05) is 66.7 Å². The Morgan fingerprint density at radius 2 is 1.55 bits per heavy atom. The molecule has 0 N–H and O–H groups in total. The van der Waals surface area contributed by atoms with Crippen molar-refractivity contribution in [2.75, 3.05) is 18.0 Å². The molecule has 0 fully saturated rings. The van der Waals surface area contributed by atoms with E-state index in [-0.39, 0.29) is 0 Å². The van der Waals surface area contributed by atoms with Crippen LogP contribution in [0.3, 0.4) is 0 Å². The largest absolute Gasteiger partial charge is 0.325 e. The first-order valence-corrected chi connectivity index (χ1v) is 9.80. The van der Waals surface area contributed by atoms with E-state index in [0.29, 0.717) is 5.56 Å². The fourth-order valence-corrected chi connectivity index (χ4v) is 3.98. The molecule has 1 heterocycles. The van der Waals surface area contributed by atoms with Crippen LogP contribution in [0.1, 0.15) is 15.9 Å². The van der Waals surface area contributed by atoms with Crippen LogP contribution in [0.15, 0.2) is 78.9 Å². The van der Waals surface area contributed by atoms with Crippen LogP contribution in [0.4, 0.5) is 5.69 Å². The van der Waals surface area contributed by atoms with Gasteiger partial charge in [0.1, 0.15) is 0 Å². The van der Waals surface area contributed by atoms with E-state index < -0.39 is 0 Å². The van der Waals surface area contributed by atoms with Crippen LogP contribution in [-0.2, 0) is 6.54 Å². The molecule has 0 atom stereocenters. The molecule has 0 aliphatic carbocycles. The molecule has 1 aliphatic rings. The molecule has 0 amide bonds. The summed E-state index contributed by atoms with van der Waals surface area (Å²) in [4.78, 5) is 15.8. The standard InChI is InChI=1S/C26H20N2O/c29-19-24-12-11-22-6-3-4-8-25(22)26(24)28-15-13-27(14-16-28)18-20-9-10-21-5-1-2-7-23(21)17-20/h1-12,17,19H,13,15,18H2. The van der Waals surface area contributed by atoms with Crippen molar-refractivity contribution in [2.45, 2.75) is 6.54 Å². The average Bonchev–Trinajstić information content (AvgIpc) is 2.79. The van der Waals surface area contributed by atoms with Gasteiger partial charge in [0, 0.05) is 36.1 Å². The normalized spacial score (nSPS) is 13.4. The van der Waals surface area contributed by atoms with Gasteiger partial charge in [0.05, 0.1) is 12.2 Å². The molecule has 0 saturated carbocycles. The Hall–Kier alpha value is -3.77. The lowest BCUT2D eigenvalue weighted by Gasteiger charge is -2.29. The van der Waals surface area contributed by atoms with E-state index >= 15 is 0 Å². The lowest BCUT2D eigenvalue weighted by Crippen LogP contribution is -2.35. The Morgan fingerprint density at radius 3 is 2.34 bits per heavy atom. The Kier molecular flexibility index (Phi) is 4.38. The van der Waals surface area contributed by atoms with Crippen LogP contribution in [0.5, 0.6) is 0 Å². The fraction of sp³-hybridized carbons (Fsp3) is 0.115. The van der Waals surface area contributed by atoms with Gasteiger partial charge in [0.25, 0.3) is 0 Å². The van der Waals surface area contributed by atoms with E-state index in [1.165, 1.54) is 16.3 Å². The molecular formula is C26H20N2O. The first-order chi connectivity index (χ1) is 14.3. The SMILES string of the molecule is O=Cc1ccc2ccccc2c1N1C#CN(Cc2ccc3ccccc3c2)CC1. The average molecular weight is 376 g/mol. The molecule has 0 radical (unpaired) electrons. The number of hydrogen-bond acceptors (Lipinski definition) is 3. The van der Waals surface area contributed by atoms with Gasteiger partial charge in [-0.15, -0.1) is 0 Å². The van der Waals surface area contributed by atoms with Gasteiger partial charge in [0.2, 0.25) is 0 Å². The van der Waals surface area contributed by atoms with Crippen molar-refractivity contribution in [3.05, 3.63) is 90.0 Å². The summed E-state index contributed by atoms with van der Waals surface area (Å²) < 4.78 is 0. The highest BCUT2D eigenvalue weighted by atomic mass is 16.1. The van der Waals surface area contributed by atoms with Crippen LogP contribution in [0.25, 0.3) is 21.5 Å². The van der Waals surface area contributed by atoms with Gasteiger partial charge in [0.15, 0.2) is 6.29 Å². The van der Waals surface area contributed by atoms with Gasteiger partial charge < -0.3 is 4.90 Å². The molecule has 0 spiro atoms. The zero-order valence-electron chi connectivity index (χ0n) is 16.0. The Morgan fingerprint density at radius 1 is 0.793 bits per heavy atom. The van der Waals surface area contributed by atoms with Gasteiger partial charge in [-0.25, -0.2) is 0 Å². The molecule has 4 aromatic rings. The zero-order valence-corrected chi connectivity index (χ0v) is 16.0. The van der Waals surface area contributed by atoms with Crippen molar-refractivity contribution < 1.29 is 4.79 Å². The molecule has 0 saturated heterocycles. The highest BCUT2D eigenvalue weighted by Crippen LogP contribution is 2.30. The lowest BCUT2D eigenvalue weighted by molar-refractivity contribution is 0.112. The first-order valence-electron chi connectivity index (χ1n) is 9.80. The molecule has 29 heavy (non-hydrogen) atoms. The maximum atomic E-state index is 11.6. The van der Waals surface area contributed by atoms with Crippen LogP contribution >= 0.6 is 0 Å². The summed E-state index contributed by atoms with van der Waals surface area (Å²) in [5, 5.41) is 4.69. The van der Waals surface area contributed by atoms with Crippen LogP contribution in [0.2, 0.25) is 0 Å². The summed E-state index contributed by atoms with van der Waals surface area (Å²) >= 11 is 0. The van der Waals surface area contributed by atoms with Gasteiger partial charge in [-0.2, -0.15) is 0 Å². The highest BCUT2D eigenvalue weighted by molar-refractivity contribution is 6.03. The third-order valence-electron chi connectivity index (χ3n) is 5.45. The maximum Gasteiger partial charge on any atom is 0.152 e. The Balaban J connectivity index is 1.43. The predicted molar refractivity (Wildman–Crippen MR) is 119 cm³/mol. The second-order valence-electron chi connectivity index (χ2n) is 7.32. The van der Waals surface area contributed by atoms with Crippen molar-refractivity contribution in [3.8, 4) is 12.1 Å². The third kappa shape index (κ3) is 3.30. The second-order valence-corrected chi connectivity index (χ2v) is 7.32. The summed E-state index contributed by atoms with van der Waals surface area (Å²) in [6.45, 7) is 2.37. The van der Waals surface area contributed by atoms with Crippen LogP contribution in [-0.4, -0.2) is 24.3 Å². The molecular weight excluding hydrogens is 356 g/mol. The third-order valence-corrected chi connectivity index (χ3v) is 5.45. The summed E-state index contributed by atoms with van der Waals surface area (Å²) in [6.07, 6.45) is 0.922. The molecule has 0 bridgehead atoms. The Labute approximate surface area is 170 Å². The van der Waals surface area contributed by atoms with E-state index in [1.807, 2.05) is 29.2 Å². The monoisotopic (exact) mass is 376 g/mol. The van der Waals surface area contributed by atoms with E-state index in [0.717, 1.165) is 42.4 Å². The number of carbonyl (C=O) groups is 1. The number of benzene rings is 4. The topological polar surface area (TPSA) is 23.6 Å². The van der Waals surface area contributed by atoms with Crippen molar-refractivity contribution in [1.82, 2.24) is 4.90 Å². The van der Waals surface area contributed by atoms with E-state index in [1.54, 1.807) is 0 Å². The van der Waals surface area contributed by atoms with Crippen molar-refractivity contribution in [3.63, 3.8) is 0 Å². The number of fused-ring (bicyclic) bond motifs is 2. The quantitative estimate of drug-likeness (QED) is 0.368. The van der Waals surface area contributed by atoms with Gasteiger partial charge in [-0.3, -0.25) is 9.69 Å². The minimum atomic E-state index is 0.681. The highest BCUT2D eigenvalue weighted by Gasteiger charge is 2.17. The van der Waals surface area contributed by atoms with E-state index in [2.05, 4.69) is 71.6 Å². The fourth-order valence-electron chi connectivity index (χ4n) is 3.98. The minimum absolute atomic E-state index is 0.681. The second kappa shape index (κ2) is 7.33. The molecule has 4 aromatic carbocycles. The number of hydrogen-bond donors (Lipinski definition) is 0. The van der Waals surface area contributed by atoms with E-state index in [9.17, 15) is 4.79 Å². The first kappa shape index (κ1) is 17.3. The molecule has 0 aromatic heterocycles. The molecule has 3 nitrogen and oxygen atoms in total. The maximum absolute atomic E-state index is 11.6. The van der Waals surface area contributed by atoms with E-state index in [4.69, 9.17) is 0 Å². The molecule has 0 unspecified atom stereocenters. The number of nitrogens with zero attached hydrogens (tertiary/aromatic N) is 2. The van der Waals surface area contributed by atoms with Crippen LogP contribution in [0, 0.1) is 12.1 Å². The predicted octanol–water partition coefficient (Wildman–Crippen LogP) is 5.05. The number of anilines is 1. The summed E-state index contributed by atoms with van der Waals surface area (Å²) in [6, 6.07) is 33.5. The van der Waals surface area contributed by atoms with Crippen molar-refractivity contribution in [1.29, 1.82) is 0 Å². The van der Waals surface area contributed by atoms with Gasteiger partial charge >= 0.3 is 0 Å². The van der Waals surface area contributed by atoms with Crippen molar-refractivity contribution in [2.24, 2.45) is 0 Å². The summed E-state index contributed by atoms with van der Waals surface area (Å²) in [7, 11) is 0. The zero-order chi connectivity index (χ0) is 19.6. The molecule has 5 rings (SSSR count). The summed E-state index contributed by atoms with van der Waals surface area (Å²) in [5.74, 6) is 0. The number of aldehydes is 1. The van der Waals surface area contributed by atoms with Gasteiger partial charge in [-0.05, 0) is 33.9 Å². The molecule has 3 heteroatoms. The van der Waals surface area contributed by atoms with Crippen molar-refractivity contribution >= 4 is 33.5 Å². The smallest absolute Gasteiger partial charge is 0.152 e. The van der Waals surface area contributed by atoms with Crippen LogP contribution < -0.4 is 4.90 Å². The lowest BCUT2D eigenvalue weighted by atomic mass is 10.0. The summed E-state index contributed by atoms with van der Waals surface area (Å²) in [5.41, 5.74) is 2.85. The Bertz CT molecular complexity index is 1280.